The van der Waals surface area contributed by atoms with E-state index in [4.69, 9.17) is 9.41 Å². The molecule has 8 nitrogen and oxygen atoms in total. The fourth-order valence-corrected chi connectivity index (χ4v) is 4.40. The number of halogens is 1. The molecule has 166 valence electrons. The lowest BCUT2D eigenvalue weighted by Crippen LogP contribution is -2.43. The molecule has 0 spiro atoms. The molecule has 30 heavy (non-hydrogen) atoms. The minimum absolute atomic E-state index is 0. The number of furan rings is 1. The topological polar surface area (TPSA) is 83.5 Å². The van der Waals surface area contributed by atoms with Crippen molar-refractivity contribution in [1.82, 2.24) is 30.3 Å². The Morgan fingerprint density at radius 3 is 2.97 bits per heavy atom. The molecule has 2 aliphatic heterocycles. The van der Waals surface area contributed by atoms with E-state index < -0.39 is 0 Å². The molecule has 0 amide bonds. The second-order valence-corrected chi connectivity index (χ2v) is 7.95. The van der Waals surface area contributed by atoms with E-state index >= 15 is 0 Å². The average molecular weight is 527 g/mol. The van der Waals surface area contributed by atoms with Gasteiger partial charge < -0.3 is 15.1 Å². The van der Waals surface area contributed by atoms with Crippen molar-refractivity contribution in [2.24, 2.45) is 4.99 Å². The van der Waals surface area contributed by atoms with Gasteiger partial charge in [-0.2, -0.15) is 5.10 Å². The normalized spacial score (nSPS) is 21.9. The number of likely N-dealkylation sites (tertiary alicyclic amines) is 1. The quantitative estimate of drug-likeness (QED) is 0.328. The Kier molecular flexibility index (Phi) is 8.55. The summed E-state index contributed by atoms with van der Waals surface area (Å²) < 4.78 is 7.49. The Morgan fingerprint density at radius 1 is 1.30 bits per heavy atom. The number of nitrogens with zero attached hydrogens (tertiary/aromatic N) is 5. The van der Waals surface area contributed by atoms with Crippen LogP contribution in [0.25, 0.3) is 0 Å². The van der Waals surface area contributed by atoms with Crippen molar-refractivity contribution >= 4 is 29.9 Å². The van der Waals surface area contributed by atoms with Crippen LogP contribution in [0.1, 0.15) is 56.1 Å². The number of hydrogen-bond donors (Lipinski definition) is 2. The van der Waals surface area contributed by atoms with Crippen LogP contribution >= 0.6 is 24.0 Å². The molecule has 2 aromatic heterocycles. The van der Waals surface area contributed by atoms with Gasteiger partial charge in [0.25, 0.3) is 0 Å². The molecule has 0 saturated carbocycles. The maximum absolute atomic E-state index is 5.46. The Labute approximate surface area is 195 Å². The lowest BCUT2D eigenvalue weighted by molar-refractivity contribution is 0.272. The van der Waals surface area contributed by atoms with Gasteiger partial charge in [0, 0.05) is 25.6 Å². The van der Waals surface area contributed by atoms with E-state index in [2.05, 4.69) is 32.5 Å². The molecule has 0 radical (unpaired) electrons. The summed E-state index contributed by atoms with van der Waals surface area (Å²) in [6, 6.07) is 4.63. The van der Waals surface area contributed by atoms with Gasteiger partial charge in [-0.3, -0.25) is 9.89 Å². The zero-order valence-corrected chi connectivity index (χ0v) is 20.3. The molecule has 4 heterocycles. The third-order valence-electron chi connectivity index (χ3n) is 5.90. The number of aryl methyl sites for hydroxylation is 2. The zero-order valence-electron chi connectivity index (χ0n) is 18.0. The van der Waals surface area contributed by atoms with E-state index in [9.17, 15) is 0 Å². The number of rotatable bonds is 7. The Morgan fingerprint density at radius 2 is 2.17 bits per heavy atom. The zero-order chi connectivity index (χ0) is 20.1. The Bertz CT molecular complexity index is 804. The van der Waals surface area contributed by atoms with Gasteiger partial charge in [0.05, 0.1) is 18.8 Å². The summed E-state index contributed by atoms with van der Waals surface area (Å²) in [4.78, 5) is 12.1. The molecule has 2 aromatic rings. The van der Waals surface area contributed by atoms with Crippen LogP contribution in [0.2, 0.25) is 0 Å². The molecule has 2 unspecified atom stereocenters. The molecule has 0 aromatic carbocycles. The van der Waals surface area contributed by atoms with Gasteiger partial charge in [0.2, 0.25) is 0 Å². The molecule has 0 aliphatic carbocycles. The van der Waals surface area contributed by atoms with E-state index in [1.54, 1.807) is 6.26 Å². The monoisotopic (exact) mass is 527 g/mol. The number of likely N-dealkylation sites (N-methyl/N-ethyl adjacent to an activating group) is 1. The fraction of sp³-hybridized carbons (Fsp3) is 0.667. The highest BCUT2D eigenvalue weighted by atomic mass is 127. The number of aliphatic imine (C=N–C) groups is 1. The second kappa shape index (κ2) is 11.1. The first-order valence-electron chi connectivity index (χ1n) is 11.0. The van der Waals surface area contributed by atoms with Crippen LogP contribution in [0.3, 0.4) is 0 Å². The van der Waals surface area contributed by atoms with Gasteiger partial charge in [-0.1, -0.05) is 6.92 Å². The van der Waals surface area contributed by atoms with Crippen LogP contribution < -0.4 is 10.6 Å². The van der Waals surface area contributed by atoms with E-state index in [1.165, 1.54) is 19.4 Å². The summed E-state index contributed by atoms with van der Waals surface area (Å²) in [5.41, 5.74) is 0. The lowest BCUT2D eigenvalue weighted by atomic mass is 10.1. The maximum Gasteiger partial charge on any atom is 0.191 e. The molecule has 0 bridgehead atoms. The number of aromatic nitrogens is 3. The third kappa shape index (κ3) is 5.75. The van der Waals surface area contributed by atoms with Crippen molar-refractivity contribution in [3.8, 4) is 0 Å². The molecule has 2 N–H and O–H groups in total. The SMILES string of the molecule is CCN1CCCC1CN=C(NCCc1ccco1)NC1CCCn2nc(C)nc21.I. The smallest absolute Gasteiger partial charge is 0.191 e. The van der Waals surface area contributed by atoms with Gasteiger partial charge in [-0.05, 0) is 57.8 Å². The summed E-state index contributed by atoms with van der Waals surface area (Å²) in [5.74, 6) is 3.70. The van der Waals surface area contributed by atoms with E-state index in [0.29, 0.717) is 6.04 Å². The Hall–Kier alpha value is -1.62. The van der Waals surface area contributed by atoms with Gasteiger partial charge in [-0.25, -0.2) is 9.67 Å². The number of guanidine groups is 1. The highest BCUT2D eigenvalue weighted by molar-refractivity contribution is 14.0. The minimum atomic E-state index is 0. The number of nitrogens with one attached hydrogen (secondary N) is 2. The third-order valence-corrected chi connectivity index (χ3v) is 5.90. The van der Waals surface area contributed by atoms with Crippen LogP contribution in [-0.2, 0) is 13.0 Å². The van der Waals surface area contributed by atoms with Gasteiger partial charge in [0.1, 0.15) is 17.4 Å². The second-order valence-electron chi connectivity index (χ2n) is 7.95. The highest BCUT2D eigenvalue weighted by Crippen LogP contribution is 2.23. The van der Waals surface area contributed by atoms with Gasteiger partial charge in [-0.15, -0.1) is 24.0 Å². The first kappa shape index (κ1) is 23.1. The molecular formula is C21H34IN7O. The number of fused-ring (bicyclic) bond motifs is 1. The molecule has 9 heteroatoms. The minimum Gasteiger partial charge on any atom is -0.469 e. The van der Waals surface area contributed by atoms with Crippen molar-refractivity contribution in [3.63, 3.8) is 0 Å². The van der Waals surface area contributed by atoms with E-state index in [-0.39, 0.29) is 30.0 Å². The van der Waals surface area contributed by atoms with E-state index in [0.717, 1.165) is 68.8 Å². The predicted molar refractivity (Wildman–Crippen MR) is 128 cm³/mol. The summed E-state index contributed by atoms with van der Waals surface area (Å²) in [6.45, 7) is 9.03. The molecule has 4 rings (SSSR count). The summed E-state index contributed by atoms with van der Waals surface area (Å²) in [7, 11) is 0. The van der Waals surface area contributed by atoms with Crippen LogP contribution in [0, 0.1) is 6.92 Å². The number of hydrogen-bond acceptors (Lipinski definition) is 5. The van der Waals surface area contributed by atoms with Crippen molar-refractivity contribution < 1.29 is 4.42 Å². The average Bonchev–Trinajstić information content (AvgIpc) is 3.46. The summed E-state index contributed by atoms with van der Waals surface area (Å²) in [5, 5.41) is 11.7. The van der Waals surface area contributed by atoms with Crippen LogP contribution in [-0.4, -0.2) is 57.8 Å². The molecule has 1 fully saturated rings. The van der Waals surface area contributed by atoms with Crippen LogP contribution in [0.4, 0.5) is 0 Å². The Balaban J connectivity index is 0.00000256. The van der Waals surface area contributed by atoms with Crippen molar-refractivity contribution in [3.05, 3.63) is 35.8 Å². The van der Waals surface area contributed by atoms with Crippen molar-refractivity contribution in [2.75, 3.05) is 26.2 Å². The molecule has 2 aliphatic rings. The first-order chi connectivity index (χ1) is 14.2. The fourth-order valence-electron chi connectivity index (χ4n) is 4.40. The predicted octanol–water partition coefficient (Wildman–Crippen LogP) is 2.89. The van der Waals surface area contributed by atoms with Gasteiger partial charge in [0.15, 0.2) is 5.96 Å². The molecule has 2 atom stereocenters. The van der Waals surface area contributed by atoms with Crippen molar-refractivity contribution in [2.45, 2.75) is 64.6 Å². The van der Waals surface area contributed by atoms with Crippen LogP contribution in [0.15, 0.2) is 27.8 Å². The molecule has 1 saturated heterocycles. The first-order valence-corrected chi connectivity index (χ1v) is 11.0. The standard InChI is InChI=1S/C21H33N7O.HI/c1-3-27-12-4-7-17(27)15-23-21(22-11-10-18-8-6-14-29-18)25-19-9-5-13-28-20(19)24-16(2)26-28;/h6,8,14,17,19H,3-5,7,9-13,15H2,1-2H3,(H2,22,23,25);1H. The van der Waals surface area contributed by atoms with Gasteiger partial charge >= 0.3 is 0 Å². The highest BCUT2D eigenvalue weighted by Gasteiger charge is 2.26. The van der Waals surface area contributed by atoms with Crippen molar-refractivity contribution in [1.29, 1.82) is 0 Å². The lowest BCUT2D eigenvalue weighted by Gasteiger charge is -2.26. The maximum atomic E-state index is 5.46. The van der Waals surface area contributed by atoms with E-state index in [1.807, 2.05) is 23.7 Å². The summed E-state index contributed by atoms with van der Waals surface area (Å²) in [6.07, 6.45) is 7.19. The largest absolute Gasteiger partial charge is 0.469 e. The summed E-state index contributed by atoms with van der Waals surface area (Å²) >= 11 is 0. The van der Waals surface area contributed by atoms with Crippen LogP contribution in [0.5, 0.6) is 0 Å². The molecular weight excluding hydrogens is 493 g/mol.